The monoisotopic (exact) mass is 477 g/mol. The van der Waals surface area contributed by atoms with Gasteiger partial charge in [0.05, 0.1) is 25.0 Å². The SMILES string of the molecule is CCCCCCCCCCCCC/C=C/[C@@H](O)[C@H](COS(C)(=O)=O)NC(=O)OC(C)(C)C. The Morgan fingerprint density at radius 3 is 1.94 bits per heavy atom. The minimum Gasteiger partial charge on any atom is -0.444 e. The predicted octanol–water partition coefficient (Wildman–Crippen LogP) is 5.47. The smallest absolute Gasteiger partial charge is 0.408 e. The summed E-state index contributed by atoms with van der Waals surface area (Å²) in [5.41, 5.74) is -0.706. The topological polar surface area (TPSA) is 102 Å². The molecule has 0 aromatic heterocycles. The summed E-state index contributed by atoms with van der Waals surface area (Å²) in [5.74, 6) is 0. The van der Waals surface area contributed by atoms with Crippen LogP contribution in [0.2, 0.25) is 0 Å². The molecule has 0 radical (unpaired) electrons. The van der Waals surface area contributed by atoms with E-state index < -0.39 is 34.0 Å². The van der Waals surface area contributed by atoms with Crippen molar-refractivity contribution in [3.05, 3.63) is 12.2 Å². The lowest BCUT2D eigenvalue weighted by molar-refractivity contribution is 0.0419. The van der Waals surface area contributed by atoms with Gasteiger partial charge in [-0.1, -0.05) is 83.3 Å². The summed E-state index contributed by atoms with van der Waals surface area (Å²) in [7, 11) is -3.70. The number of amides is 1. The molecule has 7 nitrogen and oxygen atoms in total. The van der Waals surface area contributed by atoms with Gasteiger partial charge in [-0.05, 0) is 33.6 Å². The average molecular weight is 478 g/mol. The van der Waals surface area contributed by atoms with E-state index in [0.29, 0.717) is 0 Å². The molecule has 0 aromatic rings. The minimum absolute atomic E-state index is 0.373. The van der Waals surface area contributed by atoms with Gasteiger partial charge in [-0.3, -0.25) is 4.18 Å². The lowest BCUT2D eigenvalue weighted by Gasteiger charge is -2.25. The minimum atomic E-state index is -3.70. The third kappa shape index (κ3) is 20.8. The van der Waals surface area contributed by atoms with Crippen molar-refractivity contribution in [2.75, 3.05) is 12.9 Å². The van der Waals surface area contributed by atoms with Gasteiger partial charge in [-0.2, -0.15) is 8.42 Å². The van der Waals surface area contributed by atoms with Crippen molar-refractivity contribution in [1.29, 1.82) is 0 Å². The highest BCUT2D eigenvalue weighted by Gasteiger charge is 2.24. The fourth-order valence-electron chi connectivity index (χ4n) is 3.18. The van der Waals surface area contributed by atoms with E-state index in [-0.39, 0.29) is 6.61 Å². The summed E-state index contributed by atoms with van der Waals surface area (Å²) in [5, 5.41) is 12.9. The van der Waals surface area contributed by atoms with Gasteiger partial charge in [-0.15, -0.1) is 0 Å². The Morgan fingerprint density at radius 2 is 1.47 bits per heavy atom. The largest absolute Gasteiger partial charge is 0.444 e. The van der Waals surface area contributed by atoms with E-state index in [4.69, 9.17) is 8.92 Å². The van der Waals surface area contributed by atoms with Gasteiger partial charge in [0.25, 0.3) is 10.1 Å². The molecule has 0 saturated carbocycles. The third-order valence-electron chi connectivity index (χ3n) is 4.88. The molecule has 32 heavy (non-hydrogen) atoms. The van der Waals surface area contributed by atoms with Gasteiger partial charge in [0.15, 0.2) is 0 Å². The van der Waals surface area contributed by atoms with E-state index in [1.54, 1.807) is 26.8 Å². The number of rotatable bonds is 18. The first-order chi connectivity index (χ1) is 14.9. The quantitative estimate of drug-likeness (QED) is 0.154. The molecule has 0 heterocycles. The lowest BCUT2D eigenvalue weighted by atomic mass is 10.0. The van der Waals surface area contributed by atoms with E-state index in [9.17, 15) is 18.3 Å². The Kier molecular flexibility index (Phi) is 16.8. The van der Waals surface area contributed by atoms with Crippen LogP contribution in [0.5, 0.6) is 0 Å². The molecule has 0 aliphatic carbocycles. The molecule has 0 saturated heterocycles. The zero-order chi connectivity index (χ0) is 24.5. The van der Waals surface area contributed by atoms with Crippen LogP contribution in [-0.2, 0) is 19.0 Å². The van der Waals surface area contributed by atoms with E-state index in [0.717, 1.165) is 25.5 Å². The van der Waals surface area contributed by atoms with Crippen molar-refractivity contribution in [1.82, 2.24) is 5.32 Å². The van der Waals surface area contributed by atoms with Crippen molar-refractivity contribution >= 4 is 16.2 Å². The summed E-state index contributed by atoms with van der Waals surface area (Å²) in [4.78, 5) is 12.0. The summed E-state index contributed by atoms with van der Waals surface area (Å²) in [6.07, 6.45) is 17.4. The second-order valence-corrected chi connectivity index (χ2v) is 11.1. The number of carbonyl (C=O) groups excluding carboxylic acids is 1. The van der Waals surface area contributed by atoms with Crippen molar-refractivity contribution < 1.29 is 27.2 Å². The van der Waals surface area contributed by atoms with Crippen molar-refractivity contribution in [3.63, 3.8) is 0 Å². The van der Waals surface area contributed by atoms with Gasteiger partial charge in [-0.25, -0.2) is 4.79 Å². The zero-order valence-corrected chi connectivity index (χ0v) is 21.7. The summed E-state index contributed by atoms with van der Waals surface area (Å²) in [6.45, 7) is 7.03. The van der Waals surface area contributed by atoms with Crippen LogP contribution in [0.3, 0.4) is 0 Å². The number of nitrogens with one attached hydrogen (secondary N) is 1. The number of aliphatic hydroxyl groups is 1. The maximum atomic E-state index is 12.0. The number of hydrogen-bond acceptors (Lipinski definition) is 6. The van der Waals surface area contributed by atoms with Gasteiger partial charge in [0.1, 0.15) is 5.60 Å². The molecular formula is C24H47NO6S. The molecule has 0 spiro atoms. The summed E-state index contributed by atoms with van der Waals surface area (Å²) >= 11 is 0. The van der Waals surface area contributed by atoms with Crippen LogP contribution in [0.25, 0.3) is 0 Å². The van der Waals surface area contributed by atoms with Crippen LogP contribution in [0, 0.1) is 0 Å². The molecule has 0 aliphatic rings. The molecule has 0 bridgehead atoms. The lowest BCUT2D eigenvalue weighted by Crippen LogP contribution is -2.47. The number of aliphatic hydroxyl groups excluding tert-OH is 1. The van der Waals surface area contributed by atoms with E-state index in [2.05, 4.69) is 12.2 Å². The van der Waals surface area contributed by atoms with Crippen LogP contribution in [-0.4, -0.2) is 50.2 Å². The molecule has 1 amide bonds. The molecule has 2 N–H and O–H groups in total. The van der Waals surface area contributed by atoms with Crippen molar-refractivity contribution in [3.8, 4) is 0 Å². The standard InChI is InChI=1S/C24H47NO6S/c1-6-7-8-9-10-11-12-13-14-15-16-17-18-19-22(26)21(20-30-32(5,28)29)25-23(27)31-24(2,3)4/h18-19,21-22,26H,6-17,20H2,1-5H3,(H,25,27)/b19-18+/t21-,22+/m0/s1. The van der Waals surface area contributed by atoms with E-state index >= 15 is 0 Å². The van der Waals surface area contributed by atoms with Crippen molar-refractivity contribution in [2.24, 2.45) is 0 Å². The molecule has 0 aromatic carbocycles. The number of unbranched alkanes of at least 4 members (excludes halogenated alkanes) is 11. The van der Waals surface area contributed by atoms with E-state index in [1.807, 2.05) is 6.08 Å². The molecule has 8 heteroatoms. The van der Waals surface area contributed by atoms with Crippen LogP contribution < -0.4 is 5.32 Å². The average Bonchev–Trinajstić information content (AvgIpc) is 2.66. The number of alkyl carbamates (subject to hydrolysis) is 1. The molecule has 0 unspecified atom stereocenters. The predicted molar refractivity (Wildman–Crippen MR) is 130 cm³/mol. The Bertz CT molecular complexity index is 612. The van der Waals surface area contributed by atoms with Crippen LogP contribution in [0.4, 0.5) is 4.79 Å². The second-order valence-electron chi connectivity index (χ2n) is 9.48. The van der Waals surface area contributed by atoms with Gasteiger partial charge in [0.2, 0.25) is 0 Å². The number of hydrogen-bond donors (Lipinski definition) is 2. The Hall–Kier alpha value is -1.12. The molecule has 190 valence electrons. The Morgan fingerprint density at radius 1 is 0.969 bits per heavy atom. The van der Waals surface area contributed by atoms with Crippen molar-refractivity contribution in [2.45, 2.75) is 122 Å². The summed E-state index contributed by atoms with van der Waals surface area (Å²) < 4.78 is 32.5. The molecule has 2 atom stereocenters. The number of carbonyl (C=O) groups is 1. The fraction of sp³-hybridized carbons (Fsp3) is 0.875. The fourth-order valence-corrected chi connectivity index (χ4v) is 3.57. The van der Waals surface area contributed by atoms with Crippen LogP contribution in [0.1, 0.15) is 105 Å². The highest BCUT2D eigenvalue weighted by atomic mass is 32.2. The molecule has 0 fully saturated rings. The maximum absolute atomic E-state index is 12.0. The normalized spacial score (nSPS) is 14.4. The first-order valence-corrected chi connectivity index (χ1v) is 13.9. The second kappa shape index (κ2) is 17.4. The Balaban J connectivity index is 4.21. The molecule has 0 aliphatic heterocycles. The van der Waals surface area contributed by atoms with Gasteiger partial charge < -0.3 is 15.2 Å². The summed E-state index contributed by atoms with van der Waals surface area (Å²) in [6, 6.07) is -0.937. The highest BCUT2D eigenvalue weighted by molar-refractivity contribution is 7.85. The van der Waals surface area contributed by atoms with Gasteiger partial charge in [0, 0.05) is 0 Å². The highest BCUT2D eigenvalue weighted by Crippen LogP contribution is 2.12. The first-order valence-electron chi connectivity index (χ1n) is 12.1. The van der Waals surface area contributed by atoms with Crippen LogP contribution in [0.15, 0.2) is 12.2 Å². The Labute approximate surface area is 196 Å². The molecule has 0 rings (SSSR count). The zero-order valence-electron chi connectivity index (χ0n) is 20.9. The maximum Gasteiger partial charge on any atom is 0.408 e. The number of ether oxygens (including phenoxy) is 1. The first kappa shape index (κ1) is 30.9. The number of allylic oxidation sites excluding steroid dienone is 1. The van der Waals surface area contributed by atoms with Gasteiger partial charge >= 0.3 is 6.09 Å². The third-order valence-corrected chi connectivity index (χ3v) is 5.45. The van der Waals surface area contributed by atoms with E-state index in [1.165, 1.54) is 57.8 Å². The molecular weight excluding hydrogens is 430 g/mol. The van der Waals surface area contributed by atoms with Crippen LogP contribution >= 0.6 is 0 Å².